The Bertz CT molecular complexity index is 701. The molecule has 2 rings (SSSR count). The number of pyridine rings is 1. The standard InChI is InChI=1S/C15H18ClN3O2S/c1-2-22(20,21)19-14-7-8-15(18-11-14)17-10-9-12-3-5-13(16)6-4-12/h3-8,11,19H,2,9-10H2,1H3,(H,17,18). The van der Waals surface area contributed by atoms with Crippen LogP contribution in [-0.2, 0) is 16.4 Å². The minimum absolute atomic E-state index is 0.0358. The number of nitrogens with one attached hydrogen (secondary N) is 2. The molecule has 22 heavy (non-hydrogen) atoms. The van der Waals surface area contributed by atoms with Gasteiger partial charge in [0.15, 0.2) is 0 Å². The number of halogens is 1. The summed E-state index contributed by atoms with van der Waals surface area (Å²) in [6.45, 7) is 2.32. The summed E-state index contributed by atoms with van der Waals surface area (Å²) in [5, 5.41) is 3.92. The lowest BCUT2D eigenvalue weighted by atomic mass is 10.1. The Labute approximate surface area is 135 Å². The van der Waals surface area contributed by atoms with Crippen molar-refractivity contribution in [1.29, 1.82) is 0 Å². The van der Waals surface area contributed by atoms with E-state index in [0.717, 1.165) is 18.0 Å². The second-order valence-corrected chi connectivity index (χ2v) is 7.19. The first kappa shape index (κ1) is 16.6. The summed E-state index contributed by atoms with van der Waals surface area (Å²) in [5.41, 5.74) is 1.65. The monoisotopic (exact) mass is 339 g/mol. The van der Waals surface area contributed by atoms with Gasteiger partial charge in [0.2, 0.25) is 10.0 Å². The van der Waals surface area contributed by atoms with Gasteiger partial charge in [-0.1, -0.05) is 23.7 Å². The summed E-state index contributed by atoms with van der Waals surface area (Å²) >= 11 is 5.84. The normalized spacial score (nSPS) is 11.2. The van der Waals surface area contributed by atoms with Crippen LogP contribution in [0.5, 0.6) is 0 Å². The van der Waals surface area contributed by atoms with Crippen molar-refractivity contribution in [3.8, 4) is 0 Å². The predicted molar refractivity (Wildman–Crippen MR) is 91.0 cm³/mol. The number of anilines is 2. The molecule has 118 valence electrons. The Morgan fingerprint density at radius 3 is 2.45 bits per heavy atom. The van der Waals surface area contributed by atoms with Crippen LogP contribution in [-0.4, -0.2) is 25.7 Å². The Morgan fingerprint density at radius 1 is 1.14 bits per heavy atom. The first-order chi connectivity index (χ1) is 10.5. The average Bonchev–Trinajstić information content (AvgIpc) is 2.51. The van der Waals surface area contributed by atoms with Crippen LogP contribution < -0.4 is 10.0 Å². The second kappa shape index (κ2) is 7.47. The zero-order valence-electron chi connectivity index (χ0n) is 12.2. The quantitative estimate of drug-likeness (QED) is 0.813. The van der Waals surface area contributed by atoms with Crippen molar-refractivity contribution in [1.82, 2.24) is 4.98 Å². The number of hydrogen-bond donors (Lipinski definition) is 2. The van der Waals surface area contributed by atoms with Crippen LogP contribution in [0.4, 0.5) is 11.5 Å². The van der Waals surface area contributed by atoms with E-state index in [1.807, 2.05) is 24.3 Å². The van der Waals surface area contributed by atoms with Gasteiger partial charge in [0.25, 0.3) is 0 Å². The van der Waals surface area contributed by atoms with Crippen LogP contribution in [0, 0.1) is 0 Å². The van der Waals surface area contributed by atoms with Crippen molar-refractivity contribution in [3.05, 3.63) is 53.2 Å². The largest absolute Gasteiger partial charge is 0.370 e. The lowest BCUT2D eigenvalue weighted by Gasteiger charge is -2.08. The highest BCUT2D eigenvalue weighted by Crippen LogP contribution is 2.12. The van der Waals surface area contributed by atoms with Crippen LogP contribution >= 0.6 is 11.6 Å². The molecule has 1 aromatic carbocycles. The lowest BCUT2D eigenvalue weighted by Crippen LogP contribution is -2.14. The van der Waals surface area contributed by atoms with Gasteiger partial charge in [-0.2, -0.15) is 0 Å². The molecule has 2 N–H and O–H groups in total. The SMILES string of the molecule is CCS(=O)(=O)Nc1ccc(NCCc2ccc(Cl)cc2)nc1. The van der Waals surface area contributed by atoms with Crippen LogP contribution in [0.1, 0.15) is 12.5 Å². The molecule has 0 atom stereocenters. The number of sulfonamides is 1. The minimum Gasteiger partial charge on any atom is -0.370 e. The molecule has 0 aliphatic heterocycles. The van der Waals surface area contributed by atoms with Crippen LogP contribution in [0.25, 0.3) is 0 Å². The summed E-state index contributed by atoms with van der Waals surface area (Å²) in [5.74, 6) is 0.738. The first-order valence-electron chi connectivity index (χ1n) is 6.93. The van der Waals surface area contributed by atoms with Crippen LogP contribution in [0.15, 0.2) is 42.6 Å². The fourth-order valence-corrected chi connectivity index (χ4v) is 2.55. The molecule has 0 radical (unpaired) electrons. The molecule has 0 amide bonds. The van der Waals surface area contributed by atoms with Crippen LogP contribution in [0.3, 0.4) is 0 Å². The summed E-state index contributed by atoms with van der Waals surface area (Å²) < 4.78 is 25.3. The third kappa shape index (κ3) is 5.20. The number of nitrogens with zero attached hydrogens (tertiary/aromatic N) is 1. The maximum absolute atomic E-state index is 11.4. The number of benzene rings is 1. The lowest BCUT2D eigenvalue weighted by molar-refractivity contribution is 0.602. The van der Waals surface area contributed by atoms with Crippen molar-refractivity contribution >= 4 is 33.1 Å². The molecular weight excluding hydrogens is 322 g/mol. The van der Waals surface area contributed by atoms with Crippen molar-refractivity contribution in [2.24, 2.45) is 0 Å². The number of hydrogen-bond acceptors (Lipinski definition) is 4. The Balaban J connectivity index is 1.85. The van der Waals surface area contributed by atoms with Gasteiger partial charge >= 0.3 is 0 Å². The molecule has 0 bridgehead atoms. The van der Waals surface area contributed by atoms with Gasteiger partial charge in [0, 0.05) is 11.6 Å². The molecule has 0 aliphatic rings. The highest BCUT2D eigenvalue weighted by molar-refractivity contribution is 7.92. The summed E-state index contributed by atoms with van der Waals surface area (Å²) in [7, 11) is -3.26. The maximum Gasteiger partial charge on any atom is 0.232 e. The van der Waals surface area contributed by atoms with Gasteiger partial charge in [0.1, 0.15) is 5.82 Å². The molecule has 0 fully saturated rings. The van der Waals surface area contributed by atoms with E-state index in [9.17, 15) is 8.42 Å². The Kier molecular flexibility index (Phi) is 5.63. The molecule has 0 saturated heterocycles. The molecule has 0 saturated carbocycles. The zero-order chi connectivity index (χ0) is 16.0. The summed E-state index contributed by atoms with van der Waals surface area (Å²) in [4.78, 5) is 4.18. The fourth-order valence-electron chi connectivity index (χ4n) is 1.80. The number of rotatable bonds is 7. The zero-order valence-corrected chi connectivity index (χ0v) is 13.8. The van der Waals surface area contributed by atoms with E-state index in [1.54, 1.807) is 19.1 Å². The van der Waals surface area contributed by atoms with Crippen molar-refractivity contribution in [3.63, 3.8) is 0 Å². The smallest absolute Gasteiger partial charge is 0.232 e. The molecule has 7 heteroatoms. The highest BCUT2D eigenvalue weighted by atomic mass is 35.5. The van der Waals surface area contributed by atoms with E-state index < -0.39 is 10.0 Å². The molecule has 1 heterocycles. The van der Waals surface area contributed by atoms with Crippen LogP contribution in [0.2, 0.25) is 5.02 Å². The molecule has 0 aliphatic carbocycles. The Hall–Kier alpha value is -1.79. The number of aromatic nitrogens is 1. The molecule has 5 nitrogen and oxygen atoms in total. The third-order valence-corrected chi connectivity index (χ3v) is 4.61. The van der Waals surface area contributed by atoms with Crippen molar-refractivity contribution < 1.29 is 8.42 Å². The topological polar surface area (TPSA) is 71.1 Å². The maximum atomic E-state index is 11.4. The van der Waals surface area contributed by atoms with E-state index in [4.69, 9.17) is 11.6 Å². The molecule has 2 aromatic rings. The fraction of sp³-hybridized carbons (Fsp3) is 0.267. The minimum atomic E-state index is -3.26. The van der Waals surface area contributed by atoms with E-state index in [1.165, 1.54) is 11.8 Å². The summed E-state index contributed by atoms with van der Waals surface area (Å²) in [6.07, 6.45) is 2.35. The van der Waals surface area contributed by atoms with Gasteiger partial charge in [-0.15, -0.1) is 0 Å². The van der Waals surface area contributed by atoms with Crippen molar-refractivity contribution in [2.75, 3.05) is 22.3 Å². The molecular formula is C15H18ClN3O2S. The predicted octanol–water partition coefficient (Wildman–Crippen LogP) is 3.15. The highest BCUT2D eigenvalue weighted by Gasteiger charge is 2.06. The second-order valence-electron chi connectivity index (χ2n) is 4.74. The third-order valence-electron chi connectivity index (χ3n) is 3.05. The van der Waals surface area contributed by atoms with Gasteiger partial charge in [0.05, 0.1) is 17.6 Å². The van der Waals surface area contributed by atoms with E-state index in [0.29, 0.717) is 11.5 Å². The molecule has 0 spiro atoms. The van der Waals surface area contributed by atoms with E-state index in [2.05, 4.69) is 15.0 Å². The van der Waals surface area contributed by atoms with Gasteiger partial charge < -0.3 is 5.32 Å². The van der Waals surface area contributed by atoms with E-state index >= 15 is 0 Å². The molecule has 0 unspecified atom stereocenters. The molecule has 1 aromatic heterocycles. The Morgan fingerprint density at radius 2 is 1.86 bits per heavy atom. The van der Waals surface area contributed by atoms with E-state index in [-0.39, 0.29) is 5.75 Å². The average molecular weight is 340 g/mol. The van der Waals surface area contributed by atoms with Gasteiger partial charge in [-0.3, -0.25) is 4.72 Å². The van der Waals surface area contributed by atoms with Gasteiger partial charge in [-0.05, 0) is 43.2 Å². The van der Waals surface area contributed by atoms with Crippen molar-refractivity contribution in [2.45, 2.75) is 13.3 Å². The van der Waals surface area contributed by atoms with Gasteiger partial charge in [-0.25, -0.2) is 13.4 Å². The summed E-state index contributed by atoms with van der Waals surface area (Å²) in [6, 6.07) is 11.1. The first-order valence-corrected chi connectivity index (χ1v) is 8.96.